The molecule has 2 atom stereocenters. The van der Waals surface area contributed by atoms with Crippen molar-refractivity contribution in [2.75, 3.05) is 0 Å². The van der Waals surface area contributed by atoms with E-state index < -0.39 is 25.2 Å². The second-order valence-corrected chi connectivity index (χ2v) is 0.747. The third kappa shape index (κ3) is 0.504. The number of hydrogen-bond acceptors (Lipinski definition) is 0. The largest absolute Gasteiger partial charge is 0.0885 e. The minimum absolute atomic E-state index is 0.366. The van der Waals surface area contributed by atoms with Crippen LogP contribution in [-0.2, 0) is 0 Å². The van der Waals surface area contributed by atoms with E-state index in [0.717, 1.165) is 0 Å². The van der Waals surface area contributed by atoms with Crippen LogP contribution < -0.4 is 0 Å². The molecule has 0 spiro atoms. The molecule has 1 rings (SSSR count). The number of allylic oxidation sites excluding steroid dienone is 2. The van der Waals surface area contributed by atoms with Crippen LogP contribution in [0.25, 0.3) is 0 Å². The average molecular weight is 74.2 g/mol. The highest BCUT2D eigenvalue weighted by Crippen LogP contribution is 2.05. The Morgan fingerprint density at radius 2 is 2.80 bits per heavy atom. The van der Waals surface area contributed by atoms with Gasteiger partial charge in [0.25, 0.3) is 0 Å². The lowest BCUT2D eigenvalue weighted by molar-refractivity contribution is 0.929. The van der Waals surface area contributed by atoms with Gasteiger partial charge in [-0.2, -0.15) is 0 Å². The van der Waals surface area contributed by atoms with Crippen LogP contribution in [0.4, 0.5) is 0 Å². The van der Waals surface area contributed by atoms with Crippen molar-refractivity contribution >= 4 is 0 Å². The quantitative estimate of drug-likeness (QED) is 0.384. The third-order valence-electron chi connectivity index (χ3n) is 0.394. The van der Waals surface area contributed by atoms with Crippen molar-refractivity contribution in [2.45, 2.75) is 19.2 Å². The molecule has 0 aliphatic heterocycles. The zero-order chi connectivity index (χ0) is 8.81. The van der Waals surface area contributed by atoms with Gasteiger partial charge >= 0.3 is 0 Å². The smallest absolute Gasteiger partial charge is 0.0572 e. The Kier molecular flexibility index (Phi) is 0.144. The molecule has 0 bridgehead atoms. The summed E-state index contributed by atoms with van der Waals surface area (Å²) in [4.78, 5) is 0. The molecule has 28 valence electrons. The van der Waals surface area contributed by atoms with E-state index in [1.165, 1.54) is 0 Å². The lowest BCUT2D eigenvalue weighted by Crippen LogP contribution is -1.50. The first-order valence-corrected chi connectivity index (χ1v) is 1.41. The lowest BCUT2D eigenvalue weighted by atomic mass is 10.4. The molecule has 0 aromatic carbocycles. The van der Waals surface area contributed by atoms with E-state index >= 15 is 0 Å². The van der Waals surface area contributed by atoms with Crippen LogP contribution in [0.3, 0.4) is 0 Å². The maximum Gasteiger partial charge on any atom is 0.0572 e. The standard InChI is InChI=1S/C5H8/c1-2-4-5-3-1/h1-2H,3-5H2/i1D,2D,3D,4D2,5D/t3-,5?/m1/s1. The molecule has 0 aromatic heterocycles. The summed E-state index contributed by atoms with van der Waals surface area (Å²) in [7, 11) is 0. The Morgan fingerprint density at radius 3 is 3.00 bits per heavy atom. The fourth-order valence-corrected chi connectivity index (χ4v) is 0.208. The van der Waals surface area contributed by atoms with Gasteiger partial charge in [0.15, 0.2) is 0 Å². The number of hydrogen-bond donors (Lipinski definition) is 0. The fraction of sp³-hybridized carbons (Fsp3) is 0.600. The van der Waals surface area contributed by atoms with E-state index in [1.807, 2.05) is 0 Å². The molecule has 0 saturated heterocycles. The Labute approximate surface area is 40.9 Å². The van der Waals surface area contributed by atoms with Gasteiger partial charge in [-0.25, -0.2) is 0 Å². The molecular formula is C5H8. The van der Waals surface area contributed by atoms with Crippen LogP contribution in [-0.4, -0.2) is 0 Å². The third-order valence-corrected chi connectivity index (χ3v) is 0.394. The summed E-state index contributed by atoms with van der Waals surface area (Å²) in [6.07, 6.45) is -4.62. The summed E-state index contributed by atoms with van der Waals surface area (Å²) < 4.78 is 42.8. The van der Waals surface area contributed by atoms with Gasteiger partial charge < -0.3 is 0 Å². The minimum Gasteiger partial charge on any atom is -0.0885 e. The van der Waals surface area contributed by atoms with E-state index in [2.05, 4.69) is 0 Å². The maximum atomic E-state index is 7.16. The number of rotatable bonds is 0. The molecule has 1 unspecified atom stereocenters. The highest BCUT2D eigenvalue weighted by atomic mass is 13.9. The van der Waals surface area contributed by atoms with Crippen molar-refractivity contribution in [3.05, 3.63) is 12.1 Å². The van der Waals surface area contributed by atoms with Crippen LogP contribution in [0.1, 0.15) is 27.4 Å². The van der Waals surface area contributed by atoms with Crippen LogP contribution in [0, 0.1) is 0 Å². The van der Waals surface area contributed by atoms with Crippen molar-refractivity contribution in [3.63, 3.8) is 0 Å². The molecule has 0 nitrogen and oxygen atoms in total. The van der Waals surface area contributed by atoms with Gasteiger partial charge in [0.2, 0.25) is 0 Å². The predicted molar refractivity (Wildman–Crippen MR) is 23.0 cm³/mol. The highest BCUT2D eigenvalue weighted by Gasteiger charge is 1.84. The first-order chi connectivity index (χ1) is 4.89. The molecule has 0 heterocycles. The summed E-state index contributed by atoms with van der Waals surface area (Å²) in [5.74, 6) is 0. The summed E-state index contributed by atoms with van der Waals surface area (Å²) >= 11 is 0. The second-order valence-electron chi connectivity index (χ2n) is 0.747. The lowest BCUT2D eigenvalue weighted by Gasteiger charge is -1.69. The molecular weight excluding hydrogens is 60.1 g/mol. The maximum absolute atomic E-state index is 7.16. The molecule has 0 aromatic rings. The van der Waals surface area contributed by atoms with Gasteiger partial charge in [-0.1, -0.05) is 12.1 Å². The average Bonchev–Trinajstić information content (AvgIpc) is 2.06. The van der Waals surface area contributed by atoms with Gasteiger partial charge in [-0.3, -0.25) is 0 Å². The normalized spacial score (nSPS) is 81.6. The van der Waals surface area contributed by atoms with Gasteiger partial charge in [-0.05, 0) is 19.2 Å². The zero-order valence-electron chi connectivity index (χ0n) is 8.65. The Balaban J connectivity index is 3.06. The molecule has 1 aliphatic carbocycles. The summed E-state index contributed by atoms with van der Waals surface area (Å²) in [6.45, 7) is 0. The van der Waals surface area contributed by atoms with Crippen LogP contribution >= 0.6 is 0 Å². The monoisotopic (exact) mass is 74.1 g/mol. The van der Waals surface area contributed by atoms with E-state index in [1.54, 1.807) is 0 Å². The predicted octanol–water partition coefficient (Wildman–Crippen LogP) is 1.73. The van der Waals surface area contributed by atoms with Crippen LogP contribution in [0.5, 0.6) is 0 Å². The van der Waals surface area contributed by atoms with Gasteiger partial charge in [0, 0.05) is 5.48 Å². The first-order valence-electron chi connectivity index (χ1n) is 4.57. The van der Waals surface area contributed by atoms with Crippen LogP contribution in [0.2, 0.25) is 0 Å². The van der Waals surface area contributed by atoms with Crippen LogP contribution in [0.15, 0.2) is 12.1 Å². The molecule has 0 radical (unpaired) electrons. The topological polar surface area (TPSA) is 0 Å². The molecule has 1 aliphatic rings. The first kappa shape index (κ1) is 0.575. The zero-order valence-corrected chi connectivity index (χ0v) is 2.65. The second kappa shape index (κ2) is 1.25. The highest BCUT2D eigenvalue weighted by molar-refractivity contribution is 4.88. The Hall–Kier alpha value is -0.260. The fourth-order valence-electron chi connectivity index (χ4n) is 0.208. The molecule has 5 heavy (non-hydrogen) atoms. The Morgan fingerprint density at radius 1 is 1.80 bits per heavy atom. The van der Waals surface area contributed by atoms with Gasteiger partial charge in [-0.15, -0.1) is 0 Å². The molecule has 0 fully saturated rings. The summed E-state index contributed by atoms with van der Waals surface area (Å²) in [5, 5.41) is 0. The SMILES string of the molecule is [2H]C1=C([2H])C([2H])([2H])C([2H])[C@@H]1[2H]. The summed E-state index contributed by atoms with van der Waals surface area (Å²) in [6, 6.07) is -0.882. The Bertz CT molecular complexity index is 207. The molecule has 0 amide bonds. The van der Waals surface area contributed by atoms with Crippen molar-refractivity contribution in [1.29, 1.82) is 0 Å². The van der Waals surface area contributed by atoms with Crippen molar-refractivity contribution in [3.8, 4) is 0 Å². The van der Waals surface area contributed by atoms with Crippen molar-refractivity contribution in [1.82, 2.24) is 0 Å². The van der Waals surface area contributed by atoms with E-state index in [4.69, 9.17) is 8.22 Å². The van der Waals surface area contributed by atoms with E-state index in [9.17, 15) is 0 Å². The van der Waals surface area contributed by atoms with Gasteiger partial charge in [0.1, 0.15) is 0 Å². The van der Waals surface area contributed by atoms with Gasteiger partial charge in [0.05, 0.1) is 2.74 Å². The molecule has 0 heteroatoms. The van der Waals surface area contributed by atoms with Crippen molar-refractivity contribution < 1.29 is 8.22 Å². The minimum atomic E-state index is -2.11. The van der Waals surface area contributed by atoms with E-state index in [0.29, 0.717) is 0 Å². The molecule has 0 saturated carbocycles. The van der Waals surface area contributed by atoms with E-state index in [-0.39, 0.29) is 6.05 Å². The molecule has 0 N–H and O–H groups in total. The van der Waals surface area contributed by atoms with Crippen molar-refractivity contribution in [2.24, 2.45) is 0 Å². The summed E-state index contributed by atoms with van der Waals surface area (Å²) in [5.41, 5.74) is 0.